The molecular formula is C26H28N2. The molecule has 0 spiro atoms. The van der Waals surface area contributed by atoms with Gasteiger partial charge >= 0.3 is 0 Å². The fraction of sp³-hybridized carbons (Fsp3) is 0.462. The summed E-state index contributed by atoms with van der Waals surface area (Å²) in [4.78, 5) is 10.7. The van der Waals surface area contributed by atoms with Crippen molar-refractivity contribution < 1.29 is 0 Å². The SMILES string of the molecule is CCCC12c3ccccc3C3C1C3(CCC)c1nc3cc(C)c(C)cc3nc12. The lowest BCUT2D eigenvalue weighted by Gasteiger charge is -2.30. The van der Waals surface area contributed by atoms with Gasteiger partial charge in [0.2, 0.25) is 0 Å². The fourth-order valence-corrected chi connectivity index (χ4v) is 7.13. The van der Waals surface area contributed by atoms with E-state index in [9.17, 15) is 0 Å². The summed E-state index contributed by atoms with van der Waals surface area (Å²) >= 11 is 0. The average Bonchev–Trinajstić information content (AvgIpc) is 3.19. The van der Waals surface area contributed by atoms with Gasteiger partial charge in [-0.25, -0.2) is 9.97 Å². The third kappa shape index (κ3) is 1.64. The molecule has 3 aliphatic carbocycles. The normalized spacial score (nSPS) is 31.0. The standard InChI is InChI=1S/C26H28N2/c1-5-11-25-18-10-8-7-9-17(18)21-22(25)26(21,12-6-2)24-23(25)27-19-13-15(3)16(4)14-20(19)28-24/h7-10,13-14,21-22H,5-6,11-12H2,1-4H3. The zero-order chi connectivity index (χ0) is 19.3. The van der Waals surface area contributed by atoms with E-state index in [1.165, 1.54) is 48.2 Å². The summed E-state index contributed by atoms with van der Waals surface area (Å²) in [7, 11) is 0. The van der Waals surface area contributed by atoms with Crippen molar-refractivity contribution in [3.05, 3.63) is 70.0 Å². The molecule has 1 fully saturated rings. The van der Waals surface area contributed by atoms with Crippen LogP contribution in [0, 0.1) is 19.8 Å². The molecule has 1 saturated carbocycles. The number of aryl methyl sites for hydroxylation is 2. The van der Waals surface area contributed by atoms with Crippen molar-refractivity contribution in [3.8, 4) is 0 Å². The van der Waals surface area contributed by atoms with Crippen LogP contribution in [0.3, 0.4) is 0 Å². The first-order chi connectivity index (χ1) is 13.6. The number of aromatic nitrogens is 2. The minimum atomic E-state index is 0.0838. The number of nitrogens with zero attached hydrogens (tertiary/aromatic N) is 2. The maximum Gasteiger partial charge on any atom is 0.0893 e. The van der Waals surface area contributed by atoms with Gasteiger partial charge in [0.15, 0.2) is 0 Å². The topological polar surface area (TPSA) is 25.8 Å². The molecule has 6 rings (SSSR count). The Balaban J connectivity index is 1.71. The number of hydrogen-bond donors (Lipinski definition) is 0. The highest BCUT2D eigenvalue weighted by molar-refractivity contribution is 5.80. The van der Waals surface area contributed by atoms with E-state index in [0.717, 1.165) is 11.0 Å². The Morgan fingerprint density at radius 3 is 2.18 bits per heavy atom. The third-order valence-corrected chi connectivity index (χ3v) is 8.09. The number of benzene rings is 2. The molecule has 0 N–H and O–H groups in total. The first-order valence-electron chi connectivity index (χ1n) is 11.0. The summed E-state index contributed by atoms with van der Waals surface area (Å²) in [6, 6.07) is 13.7. The number of hydrogen-bond acceptors (Lipinski definition) is 2. The molecule has 0 aliphatic heterocycles. The quantitative estimate of drug-likeness (QED) is 0.555. The lowest BCUT2D eigenvalue weighted by Crippen LogP contribution is -2.28. The summed E-state index contributed by atoms with van der Waals surface area (Å²) in [6.07, 6.45) is 4.82. The van der Waals surface area contributed by atoms with Crippen LogP contribution < -0.4 is 0 Å². The van der Waals surface area contributed by atoms with Crippen LogP contribution in [0.4, 0.5) is 0 Å². The molecule has 3 aromatic rings. The Labute approximate surface area is 167 Å². The van der Waals surface area contributed by atoms with E-state index in [-0.39, 0.29) is 10.8 Å². The molecule has 0 radical (unpaired) electrons. The Morgan fingerprint density at radius 2 is 1.50 bits per heavy atom. The predicted molar refractivity (Wildman–Crippen MR) is 114 cm³/mol. The molecule has 3 aliphatic rings. The minimum absolute atomic E-state index is 0.0838. The van der Waals surface area contributed by atoms with Crippen molar-refractivity contribution in [2.24, 2.45) is 5.92 Å². The van der Waals surface area contributed by atoms with E-state index in [0.29, 0.717) is 11.8 Å². The molecule has 0 amide bonds. The summed E-state index contributed by atoms with van der Waals surface area (Å²) in [6.45, 7) is 9.02. The van der Waals surface area contributed by atoms with Gasteiger partial charge in [-0.2, -0.15) is 0 Å². The fourth-order valence-electron chi connectivity index (χ4n) is 7.13. The largest absolute Gasteiger partial charge is 0.249 e. The highest BCUT2D eigenvalue weighted by atomic mass is 15.0. The monoisotopic (exact) mass is 368 g/mol. The van der Waals surface area contributed by atoms with Crippen LogP contribution in [-0.2, 0) is 10.8 Å². The summed E-state index contributed by atoms with van der Waals surface area (Å²) in [5, 5.41) is 0. The summed E-state index contributed by atoms with van der Waals surface area (Å²) in [5.74, 6) is 1.33. The second-order valence-electron chi connectivity index (χ2n) is 9.40. The Hall–Kier alpha value is -2.22. The van der Waals surface area contributed by atoms with Gasteiger partial charge in [0.1, 0.15) is 0 Å². The van der Waals surface area contributed by atoms with Crippen LogP contribution in [0.15, 0.2) is 36.4 Å². The van der Waals surface area contributed by atoms with E-state index in [1.807, 2.05) is 0 Å². The minimum Gasteiger partial charge on any atom is -0.249 e. The van der Waals surface area contributed by atoms with Crippen molar-refractivity contribution in [1.29, 1.82) is 0 Å². The van der Waals surface area contributed by atoms with E-state index in [2.05, 4.69) is 64.1 Å². The summed E-state index contributed by atoms with van der Waals surface area (Å²) in [5.41, 5.74) is 10.9. The number of fused-ring (bicyclic) bond motifs is 8. The molecule has 2 nitrogen and oxygen atoms in total. The first-order valence-corrected chi connectivity index (χ1v) is 11.0. The van der Waals surface area contributed by atoms with Crippen LogP contribution in [0.25, 0.3) is 11.0 Å². The van der Waals surface area contributed by atoms with Crippen molar-refractivity contribution in [1.82, 2.24) is 9.97 Å². The molecule has 1 aromatic heterocycles. The van der Waals surface area contributed by atoms with Gasteiger partial charge in [0.25, 0.3) is 0 Å². The van der Waals surface area contributed by atoms with Gasteiger partial charge in [-0.3, -0.25) is 0 Å². The van der Waals surface area contributed by atoms with Crippen molar-refractivity contribution in [2.75, 3.05) is 0 Å². The summed E-state index contributed by atoms with van der Waals surface area (Å²) < 4.78 is 0. The van der Waals surface area contributed by atoms with E-state index in [4.69, 9.17) is 9.97 Å². The highest BCUT2D eigenvalue weighted by Gasteiger charge is 2.82. The first kappa shape index (κ1) is 16.7. The van der Waals surface area contributed by atoms with Crippen molar-refractivity contribution in [2.45, 2.75) is 70.1 Å². The van der Waals surface area contributed by atoms with Crippen LogP contribution in [0.2, 0.25) is 0 Å². The molecule has 142 valence electrons. The smallest absolute Gasteiger partial charge is 0.0893 e. The van der Waals surface area contributed by atoms with Gasteiger partial charge in [-0.1, -0.05) is 51.0 Å². The van der Waals surface area contributed by atoms with E-state index < -0.39 is 0 Å². The maximum atomic E-state index is 5.37. The highest BCUT2D eigenvalue weighted by Crippen LogP contribution is 2.84. The number of rotatable bonds is 4. The Kier molecular flexibility index (Phi) is 3.12. The lowest BCUT2D eigenvalue weighted by molar-refractivity contribution is 0.399. The lowest BCUT2D eigenvalue weighted by atomic mass is 9.73. The second kappa shape index (κ2) is 5.23. The zero-order valence-corrected chi connectivity index (χ0v) is 17.3. The van der Waals surface area contributed by atoms with E-state index >= 15 is 0 Å². The maximum absolute atomic E-state index is 5.37. The molecule has 0 bridgehead atoms. The van der Waals surface area contributed by atoms with Crippen LogP contribution in [0.1, 0.15) is 79.1 Å². The van der Waals surface area contributed by atoms with Crippen molar-refractivity contribution in [3.63, 3.8) is 0 Å². The molecule has 4 atom stereocenters. The van der Waals surface area contributed by atoms with Crippen LogP contribution in [0.5, 0.6) is 0 Å². The van der Waals surface area contributed by atoms with Crippen molar-refractivity contribution >= 4 is 11.0 Å². The third-order valence-electron chi connectivity index (χ3n) is 8.09. The molecule has 0 saturated heterocycles. The van der Waals surface area contributed by atoms with Gasteiger partial charge < -0.3 is 0 Å². The molecule has 1 heterocycles. The van der Waals surface area contributed by atoms with Crippen LogP contribution >= 0.6 is 0 Å². The Bertz CT molecular complexity index is 1150. The van der Waals surface area contributed by atoms with E-state index in [1.54, 1.807) is 11.1 Å². The van der Waals surface area contributed by atoms with Gasteiger partial charge in [-0.15, -0.1) is 0 Å². The van der Waals surface area contributed by atoms with Gasteiger partial charge in [0.05, 0.1) is 22.4 Å². The Morgan fingerprint density at radius 1 is 0.857 bits per heavy atom. The van der Waals surface area contributed by atoms with Gasteiger partial charge in [-0.05, 0) is 67.0 Å². The van der Waals surface area contributed by atoms with Crippen LogP contribution in [-0.4, -0.2) is 9.97 Å². The predicted octanol–water partition coefficient (Wildman–Crippen LogP) is 6.11. The molecule has 4 unspecified atom stereocenters. The second-order valence-corrected chi connectivity index (χ2v) is 9.40. The van der Waals surface area contributed by atoms with Gasteiger partial charge in [0, 0.05) is 16.7 Å². The average molecular weight is 369 g/mol. The zero-order valence-electron chi connectivity index (χ0n) is 17.3. The molecule has 2 heteroatoms. The molecule has 28 heavy (non-hydrogen) atoms. The molecule has 2 aromatic carbocycles. The molecular weight excluding hydrogens is 340 g/mol.